The number of benzene rings is 1. The number of aliphatic hydroxyl groups excluding tert-OH is 1. The van der Waals surface area contributed by atoms with Crippen LogP contribution in [-0.4, -0.2) is 25.9 Å². The number of methoxy groups -OCH3 is 2. The number of aliphatic hydroxyl groups is 1. The Hall–Kier alpha value is -1.26. The van der Waals surface area contributed by atoms with Crippen LogP contribution in [-0.2, 0) is 0 Å². The molecule has 2 rings (SSSR count). The first kappa shape index (κ1) is 16.1. The van der Waals surface area contributed by atoms with E-state index in [9.17, 15) is 5.11 Å². The normalized spacial score (nSPS) is 27.2. The SMILES string of the molecule is COc1ccc(OC)c(C(O)C2(CN)CCC(C)CC2)c1. The van der Waals surface area contributed by atoms with Crippen molar-refractivity contribution in [1.29, 1.82) is 0 Å². The van der Waals surface area contributed by atoms with Crippen LogP contribution in [0.2, 0.25) is 0 Å². The molecule has 1 atom stereocenters. The summed E-state index contributed by atoms with van der Waals surface area (Å²) < 4.78 is 10.7. The van der Waals surface area contributed by atoms with Crippen LogP contribution in [0, 0.1) is 11.3 Å². The predicted molar refractivity (Wildman–Crippen MR) is 83.6 cm³/mol. The second-order valence-corrected chi connectivity index (χ2v) is 6.26. The van der Waals surface area contributed by atoms with Crippen molar-refractivity contribution in [2.24, 2.45) is 17.1 Å². The van der Waals surface area contributed by atoms with Gasteiger partial charge >= 0.3 is 0 Å². The third-order valence-electron chi connectivity index (χ3n) is 4.99. The first-order chi connectivity index (χ1) is 10.1. The average molecular weight is 293 g/mol. The van der Waals surface area contributed by atoms with Gasteiger partial charge in [0.25, 0.3) is 0 Å². The summed E-state index contributed by atoms with van der Waals surface area (Å²) in [7, 11) is 3.25. The van der Waals surface area contributed by atoms with Crippen molar-refractivity contribution in [3.63, 3.8) is 0 Å². The zero-order valence-electron chi connectivity index (χ0n) is 13.3. The monoisotopic (exact) mass is 293 g/mol. The lowest BCUT2D eigenvalue weighted by Crippen LogP contribution is -2.40. The maximum atomic E-state index is 11.0. The smallest absolute Gasteiger partial charge is 0.124 e. The largest absolute Gasteiger partial charge is 0.497 e. The molecule has 3 N–H and O–H groups in total. The molecule has 1 aliphatic carbocycles. The minimum Gasteiger partial charge on any atom is -0.497 e. The summed E-state index contributed by atoms with van der Waals surface area (Å²) in [4.78, 5) is 0. The van der Waals surface area contributed by atoms with Crippen LogP contribution in [0.5, 0.6) is 11.5 Å². The molecule has 0 heterocycles. The van der Waals surface area contributed by atoms with Crippen molar-refractivity contribution in [1.82, 2.24) is 0 Å². The third-order valence-corrected chi connectivity index (χ3v) is 4.99. The van der Waals surface area contributed by atoms with Gasteiger partial charge in [0.2, 0.25) is 0 Å². The van der Waals surface area contributed by atoms with E-state index < -0.39 is 6.10 Å². The second kappa shape index (κ2) is 6.67. The maximum Gasteiger partial charge on any atom is 0.124 e. The molecule has 0 saturated heterocycles. The fraction of sp³-hybridized carbons (Fsp3) is 0.647. The van der Waals surface area contributed by atoms with Crippen molar-refractivity contribution in [3.05, 3.63) is 23.8 Å². The molecule has 118 valence electrons. The molecule has 1 aromatic carbocycles. The van der Waals surface area contributed by atoms with Gasteiger partial charge in [0.05, 0.1) is 20.3 Å². The van der Waals surface area contributed by atoms with Gasteiger partial charge in [-0.2, -0.15) is 0 Å². The minimum absolute atomic E-state index is 0.258. The van der Waals surface area contributed by atoms with Gasteiger partial charge in [-0.05, 0) is 37.0 Å². The zero-order valence-corrected chi connectivity index (χ0v) is 13.3. The molecule has 1 unspecified atom stereocenters. The first-order valence-corrected chi connectivity index (χ1v) is 7.66. The van der Waals surface area contributed by atoms with Gasteiger partial charge in [0.15, 0.2) is 0 Å². The molecule has 1 fully saturated rings. The van der Waals surface area contributed by atoms with Crippen LogP contribution in [0.25, 0.3) is 0 Å². The second-order valence-electron chi connectivity index (χ2n) is 6.26. The molecule has 4 nitrogen and oxygen atoms in total. The van der Waals surface area contributed by atoms with Crippen LogP contribution < -0.4 is 15.2 Å². The Balaban J connectivity index is 2.34. The van der Waals surface area contributed by atoms with E-state index in [1.165, 1.54) is 0 Å². The summed E-state index contributed by atoms with van der Waals surface area (Å²) >= 11 is 0. The van der Waals surface area contributed by atoms with Crippen molar-refractivity contribution < 1.29 is 14.6 Å². The fourth-order valence-corrected chi connectivity index (χ4v) is 3.31. The van der Waals surface area contributed by atoms with Gasteiger partial charge < -0.3 is 20.3 Å². The fourth-order valence-electron chi connectivity index (χ4n) is 3.31. The van der Waals surface area contributed by atoms with E-state index in [1.807, 2.05) is 18.2 Å². The highest BCUT2D eigenvalue weighted by Crippen LogP contribution is 2.49. The van der Waals surface area contributed by atoms with E-state index in [1.54, 1.807) is 14.2 Å². The highest BCUT2D eigenvalue weighted by atomic mass is 16.5. The van der Waals surface area contributed by atoms with Crippen molar-refractivity contribution >= 4 is 0 Å². The van der Waals surface area contributed by atoms with Gasteiger partial charge in [0, 0.05) is 17.5 Å². The Bertz CT molecular complexity index is 467. The van der Waals surface area contributed by atoms with E-state index in [0.717, 1.165) is 37.0 Å². The zero-order chi connectivity index (χ0) is 15.5. The van der Waals surface area contributed by atoms with Gasteiger partial charge in [-0.1, -0.05) is 19.8 Å². The molecule has 0 amide bonds. The van der Waals surface area contributed by atoms with Crippen molar-refractivity contribution in [2.75, 3.05) is 20.8 Å². The Kier molecular flexibility index (Phi) is 5.12. The van der Waals surface area contributed by atoms with Crippen LogP contribution in [0.4, 0.5) is 0 Å². The minimum atomic E-state index is -0.625. The molecular formula is C17H27NO3. The molecule has 0 radical (unpaired) electrons. The Labute approximate surface area is 127 Å². The average Bonchev–Trinajstić information content (AvgIpc) is 2.54. The topological polar surface area (TPSA) is 64.7 Å². The third kappa shape index (κ3) is 3.16. The van der Waals surface area contributed by atoms with Crippen LogP contribution in [0.3, 0.4) is 0 Å². The molecule has 21 heavy (non-hydrogen) atoms. The molecule has 1 saturated carbocycles. The summed E-state index contributed by atoms with van der Waals surface area (Å²) in [5.74, 6) is 2.13. The van der Waals surface area contributed by atoms with Gasteiger partial charge in [0.1, 0.15) is 11.5 Å². The molecule has 0 bridgehead atoms. The lowest BCUT2D eigenvalue weighted by molar-refractivity contribution is -0.00956. The van der Waals surface area contributed by atoms with Gasteiger partial charge in [-0.25, -0.2) is 0 Å². The predicted octanol–water partition coefficient (Wildman–Crippen LogP) is 2.89. The van der Waals surface area contributed by atoms with Crippen LogP contribution in [0.1, 0.15) is 44.3 Å². The quantitative estimate of drug-likeness (QED) is 0.876. The molecule has 0 aliphatic heterocycles. The summed E-state index contributed by atoms with van der Waals surface area (Å²) in [6, 6.07) is 5.54. The summed E-state index contributed by atoms with van der Waals surface area (Å²) in [6.07, 6.45) is 3.50. The lowest BCUT2D eigenvalue weighted by Gasteiger charge is -2.42. The Morgan fingerprint density at radius 1 is 1.29 bits per heavy atom. The van der Waals surface area contributed by atoms with E-state index in [4.69, 9.17) is 15.2 Å². The van der Waals surface area contributed by atoms with Gasteiger partial charge in [-0.3, -0.25) is 0 Å². The number of nitrogens with two attached hydrogens (primary N) is 1. The Morgan fingerprint density at radius 2 is 1.95 bits per heavy atom. The van der Waals surface area contributed by atoms with E-state index in [2.05, 4.69) is 6.92 Å². The summed E-state index contributed by atoms with van der Waals surface area (Å²) in [6.45, 7) is 2.75. The van der Waals surface area contributed by atoms with Crippen molar-refractivity contribution in [2.45, 2.75) is 38.7 Å². The highest BCUT2D eigenvalue weighted by Gasteiger charge is 2.41. The maximum absolute atomic E-state index is 11.0. The number of ether oxygens (including phenoxy) is 2. The molecular weight excluding hydrogens is 266 g/mol. The summed E-state index contributed by atoms with van der Waals surface area (Å²) in [5, 5.41) is 11.0. The lowest BCUT2D eigenvalue weighted by atomic mass is 9.66. The number of hydrogen-bond acceptors (Lipinski definition) is 4. The number of hydrogen-bond donors (Lipinski definition) is 2. The van der Waals surface area contributed by atoms with Crippen LogP contribution >= 0.6 is 0 Å². The van der Waals surface area contributed by atoms with E-state index in [0.29, 0.717) is 18.2 Å². The highest BCUT2D eigenvalue weighted by molar-refractivity contribution is 5.42. The molecule has 4 heteroatoms. The van der Waals surface area contributed by atoms with E-state index >= 15 is 0 Å². The van der Waals surface area contributed by atoms with Crippen LogP contribution in [0.15, 0.2) is 18.2 Å². The number of rotatable bonds is 5. The van der Waals surface area contributed by atoms with E-state index in [-0.39, 0.29) is 5.41 Å². The Morgan fingerprint density at radius 3 is 2.48 bits per heavy atom. The van der Waals surface area contributed by atoms with Gasteiger partial charge in [-0.15, -0.1) is 0 Å². The summed E-state index contributed by atoms with van der Waals surface area (Å²) in [5.41, 5.74) is 6.57. The molecule has 1 aromatic rings. The van der Waals surface area contributed by atoms with Crippen molar-refractivity contribution in [3.8, 4) is 11.5 Å². The molecule has 0 spiro atoms. The first-order valence-electron chi connectivity index (χ1n) is 7.66. The standard InChI is InChI=1S/C17H27NO3/c1-12-6-8-17(11-18,9-7-12)16(19)14-10-13(20-2)4-5-15(14)21-3/h4-5,10,12,16,19H,6-9,11,18H2,1-3H3. The molecule has 0 aromatic heterocycles. The molecule has 1 aliphatic rings.